The lowest BCUT2D eigenvalue weighted by Crippen LogP contribution is -2.27. The predicted octanol–water partition coefficient (Wildman–Crippen LogP) is 2.95. The van der Waals surface area contributed by atoms with E-state index in [4.69, 9.17) is 5.73 Å². The molecule has 3 N–H and O–H groups in total. The quantitative estimate of drug-likeness (QED) is 0.800. The molecule has 16 heavy (non-hydrogen) atoms. The molecule has 2 heteroatoms. The van der Waals surface area contributed by atoms with Gasteiger partial charge in [-0.1, -0.05) is 31.5 Å². The first-order chi connectivity index (χ1) is 7.54. The van der Waals surface area contributed by atoms with Gasteiger partial charge in [0.2, 0.25) is 0 Å². The second-order valence-electron chi connectivity index (χ2n) is 4.94. The molecule has 1 atom stereocenters. The van der Waals surface area contributed by atoms with Gasteiger partial charge in [0, 0.05) is 12.2 Å². The van der Waals surface area contributed by atoms with Crippen LogP contribution in [0.1, 0.15) is 25.0 Å². The Morgan fingerprint density at radius 1 is 1.25 bits per heavy atom. The molecule has 2 nitrogen and oxygen atoms in total. The standard InChI is InChI=1S/C14H24N2/c1-10(2)13(8-15)9-16-14-6-5-11(3)7-12(14)4/h5-7,10,13,16H,8-9,15H2,1-4H3. The zero-order chi connectivity index (χ0) is 12.1. The van der Waals surface area contributed by atoms with Crippen molar-refractivity contribution in [2.45, 2.75) is 27.7 Å². The van der Waals surface area contributed by atoms with E-state index in [0.717, 1.165) is 13.1 Å². The monoisotopic (exact) mass is 220 g/mol. The summed E-state index contributed by atoms with van der Waals surface area (Å²) < 4.78 is 0. The van der Waals surface area contributed by atoms with Crippen LogP contribution >= 0.6 is 0 Å². The van der Waals surface area contributed by atoms with E-state index in [-0.39, 0.29) is 0 Å². The van der Waals surface area contributed by atoms with E-state index in [2.05, 4.69) is 51.2 Å². The van der Waals surface area contributed by atoms with Gasteiger partial charge in [-0.3, -0.25) is 0 Å². The lowest BCUT2D eigenvalue weighted by atomic mass is 9.96. The van der Waals surface area contributed by atoms with Crippen LogP contribution in [-0.2, 0) is 0 Å². The van der Waals surface area contributed by atoms with Crippen molar-refractivity contribution in [1.29, 1.82) is 0 Å². The minimum absolute atomic E-state index is 0.542. The maximum atomic E-state index is 5.76. The summed E-state index contributed by atoms with van der Waals surface area (Å²) in [4.78, 5) is 0. The number of hydrogen-bond donors (Lipinski definition) is 2. The fraction of sp³-hybridized carbons (Fsp3) is 0.571. The zero-order valence-corrected chi connectivity index (χ0v) is 10.9. The summed E-state index contributed by atoms with van der Waals surface area (Å²) in [6.45, 7) is 10.4. The summed E-state index contributed by atoms with van der Waals surface area (Å²) in [7, 11) is 0. The fourth-order valence-corrected chi connectivity index (χ4v) is 1.84. The number of anilines is 1. The van der Waals surface area contributed by atoms with Gasteiger partial charge in [0.15, 0.2) is 0 Å². The van der Waals surface area contributed by atoms with Gasteiger partial charge in [-0.25, -0.2) is 0 Å². The van der Waals surface area contributed by atoms with Crippen LogP contribution in [-0.4, -0.2) is 13.1 Å². The van der Waals surface area contributed by atoms with Gasteiger partial charge in [0.05, 0.1) is 0 Å². The van der Waals surface area contributed by atoms with Crippen LogP contribution in [0.3, 0.4) is 0 Å². The summed E-state index contributed by atoms with van der Waals surface area (Å²) >= 11 is 0. The van der Waals surface area contributed by atoms with Gasteiger partial charge >= 0.3 is 0 Å². The van der Waals surface area contributed by atoms with Gasteiger partial charge in [0.1, 0.15) is 0 Å². The zero-order valence-electron chi connectivity index (χ0n) is 10.9. The molecule has 0 aliphatic rings. The molecule has 90 valence electrons. The van der Waals surface area contributed by atoms with Crippen LogP contribution < -0.4 is 11.1 Å². The number of hydrogen-bond acceptors (Lipinski definition) is 2. The summed E-state index contributed by atoms with van der Waals surface area (Å²) in [5.74, 6) is 1.17. The highest BCUT2D eigenvalue weighted by molar-refractivity contribution is 5.51. The second-order valence-corrected chi connectivity index (χ2v) is 4.94. The molecule has 0 radical (unpaired) electrons. The second kappa shape index (κ2) is 5.90. The highest BCUT2D eigenvalue weighted by Gasteiger charge is 2.11. The van der Waals surface area contributed by atoms with Crippen LogP contribution in [0.15, 0.2) is 18.2 Å². The molecule has 0 amide bonds. The molecule has 0 saturated carbocycles. The molecular weight excluding hydrogens is 196 g/mol. The molecular formula is C14H24N2. The Morgan fingerprint density at radius 3 is 2.44 bits per heavy atom. The smallest absolute Gasteiger partial charge is 0.0370 e. The van der Waals surface area contributed by atoms with E-state index in [1.165, 1.54) is 16.8 Å². The summed E-state index contributed by atoms with van der Waals surface area (Å²) in [6, 6.07) is 6.50. The lowest BCUT2D eigenvalue weighted by molar-refractivity contribution is 0.413. The SMILES string of the molecule is Cc1ccc(NCC(CN)C(C)C)c(C)c1. The van der Waals surface area contributed by atoms with Crippen LogP contribution in [0.25, 0.3) is 0 Å². The average Bonchev–Trinajstić information content (AvgIpc) is 2.21. The topological polar surface area (TPSA) is 38.0 Å². The van der Waals surface area contributed by atoms with Crippen LogP contribution in [0.4, 0.5) is 5.69 Å². The van der Waals surface area contributed by atoms with E-state index in [0.29, 0.717) is 11.8 Å². The lowest BCUT2D eigenvalue weighted by Gasteiger charge is -2.20. The van der Waals surface area contributed by atoms with Crippen molar-refractivity contribution >= 4 is 5.69 Å². The third kappa shape index (κ3) is 3.53. The van der Waals surface area contributed by atoms with Crippen LogP contribution in [0.5, 0.6) is 0 Å². The Morgan fingerprint density at radius 2 is 1.94 bits per heavy atom. The maximum Gasteiger partial charge on any atom is 0.0370 e. The molecule has 0 bridgehead atoms. The normalized spacial score (nSPS) is 12.9. The van der Waals surface area contributed by atoms with Crippen molar-refractivity contribution in [3.63, 3.8) is 0 Å². The van der Waals surface area contributed by atoms with Gasteiger partial charge in [-0.05, 0) is 43.9 Å². The number of benzene rings is 1. The van der Waals surface area contributed by atoms with Crippen LogP contribution in [0, 0.1) is 25.7 Å². The number of nitrogens with two attached hydrogens (primary N) is 1. The van der Waals surface area contributed by atoms with Crippen molar-refractivity contribution in [1.82, 2.24) is 0 Å². The Hall–Kier alpha value is -1.02. The van der Waals surface area contributed by atoms with E-state index < -0.39 is 0 Å². The van der Waals surface area contributed by atoms with Crippen molar-refractivity contribution in [2.75, 3.05) is 18.4 Å². The molecule has 0 saturated heterocycles. The Labute approximate surface area is 99.2 Å². The Balaban J connectivity index is 2.60. The maximum absolute atomic E-state index is 5.76. The Kier molecular flexibility index (Phi) is 4.81. The van der Waals surface area contributed by atoms with Crippen molar-refractivity contribution in [3.8, 4) is 0 Å². The average molecular weight is 220 g/mol. The third-order valence-electron chi connectivity index (χ3n) is 3.18. The molecule has 1 aromatic rings. The third-order valence-corrected chi connectivity index (χ3v) is 3.18. The van der Waals surface area contributed by atoms with Gasteiger partial charge < -0.3 is 11.1 Å². The number of aryl methyl sites for hydroxylation is 2. The molecule has 0 aliphatic heterocycles. The molecule has 0 aromatic heterocycles. The van der Waals surface area contributed by atoms with Gasteiger partial charge in [0.25, 0.3) is 0 Å². The number of nitrogens with one attached hydrogen (secondary N) is 1. The minimum atomic E-state index is 0.542. The largest absolute Gasteiger partial charge is 0.384 e. The van der Waals surface area contributed by atoms with E-state index in [1.807, 2.05) is 0 Å². The summed E-state index contributed by atoms with van der Waals surface area (Å²) in [5, 5.41) is 3.49. The van der Waals surface area contributed by atoms with Crippen LogP contribution in [0.2, 0.25) is 0 Å². The van der Waals surface area contributed by atoms with Crippen molar-refractivity contribution in [2.24, 2.45) is 17.6 Å². The van der Waals surface area contributed by atoms with Gasteiger partial charge in [-0.15, -0.1) is 0 Å². The minimum Gasteiger partial charge on any atom is -0.384 e. The molecule has 1 aromatic carbocycles. The first-order valence-corrected chi connectivity index (χ1v) is 6.05. The number of rotatable bonds is 5. The molecule has 0 aliphatic carbocycles. The molecule has 0 spiro atoms. The highest BCUT2D eigenvalue weighted by atomic mass is 14.9. The van der Waals surface area contributed by atoms with E-state index >= 15 is 0 Å². The molecule has 0 fully saturated rings. The first kappa shape index (κ1) is 13.0. The van der Waals surface area contributed by atoms with E-state index in [1.54, 1.807) is 0 Å². The van der Waals surface area contributed by atoms with E-state index in [9.17, 15) is 0 Å². The van der Waals surface area contributed by atoms with Crippen molar-refractivity contribution in [3.05, 3.63) is 29.3 Å². The van der Waals surface area contributed by atoms with Gasteiger partial charge in [-0.2, -0.15) is 0 Å². The fourth-order valence-electron chi connectivity index (χ4n) is 1.84. The van der Waals surface area contributed by atoms with Crippen molar-refractivity contribution < 1.29 is 0 Å². The molecule has 1 unspecified atom stereocenters. The molecule has 1 rings (SSSR count). The highest BCUT2D eigenvalue weighted by Crippen LogP contribution is 2.17. The predicted molar refractivity (Wildman–Crippen MR) is 71.8 cm³/mol. The first-order valence-electron chi connectivity index (χ1n) is 6.05. The molecule has 0 heterocycles. The Bertz CT molecular complexity index is 332. The summed E-state index contributed by atoms with van der Waals surface area (Å²) in [6.07, 6.45) is 0. The summed E-state index contributed by atoms with van der Waals surface area (Å²) in [5.41, 5.74) is 9.60.